The predicted molar refractivity (Wildman–Crippen MR) is 92.8 cm³/mol. The molecule has 2 saturated heterocycles. The summed E-state index contributed by atoms with van der Waals surface area (Å²) in [5, 5.41) is 7.35. The Morgan fingerprint density at radius 2 is 2.17 bits per heavy atom. The van der Waals surface area contributed by atoms with Crippen LogP contribution in [0.15, 0.2) is 16.8 Å². The molecular formula is C17H27N3O2S. The van der Waals surface area contributed by atoms with Crippen LogP contribution in [0.3, 0.4) is 0 Å². The van der Waals surface area contributed by atoms with E-state index in [2.05, 4.69) is 40.9 Å². The highest BCUT2D eigenvalue weighted by Crippen LogP contribution is 2.32. The lowest BCUT2D eigenvalue weighted by Crippen LogP contribution is -2.49. The van der Waals surface area contributed by atoms with E-state index in [1.165, 1.54) is 5.56 Å². The second kappa shape index (κ2) is 7.64. The number of amides is 2. The molecule has 5 nitrogen and oxygen atoms in total. The average Bonchev–Trinajstić information content (AvgIpc) is 3.17. The molecule has 0 saturated carbocycles. The molecule has 2 aliphatic rings. The van der Waals surface area contributed by atoms with E-state index in [9.17, 15) is 4.79 Å². The lowest BCUT2D eigenvalue weighted by Gasteiger charge is -2.35. The van der Waals surface area contributed by atoms with E-state index in [0.717, 1.165) is 39.0 Å². The van der Waals surface area contributed by atoms with Gasteiger partial charge in [0, 0.05) is 32.7 Å². The minimum atomic E-state index is 0.0769. The standard InChI is InChI=1S/C17H27N3O2S/c1-13-10-19(11-14(2)22-13)8-6-18-17(21)20-7-3-4-16(20)15-5-9-23-12-15/h5,9,12-14,16H,3-4,6-8,10-11H2,1-2H3,(H,18,21)/t13-,14+,16-/m1/s1. The third-order valence-corrected chi connectivity index (χ3v) is 5.34. The summed E-state index contributed by atoms with van der Waals surface area (Å²) in [6, 6.07) is 2.47. The summed E-state index contributed by atoms with van der Waals surface area (Å²) in [6.07, 6.45) is 2.71. The Labute approximate surface area is 142 Å². The van der Waals surface area contributed by atoms with Crippen LogP contribution in [0.1, 0.15) is 38.3 Å². The molecule has 1 aromatic heterocycles. The van der Waals surface area contributed by atoms with Crippen LogP contribution in [0, 0.1) is 0 Å². The van der Waals surface area contributed by atoms with Gasteiger partial charge in [0.25, 0.3) is 0 Å². The number of morpholine rings is 1. The van der Waals surface area contributed by atoms with Crippen molar-refractivity contribution in [3.63, 3.8) is 0 Å². The number of likely N-dealkylation sites (tertiary alicyclic amines) is 1. The van der Waals surface area contributed by atoms with Crippen molar-refractivity contribution in [3.8, 4) is 0 Å². The largest absolute Gasteiger partial charge is 0.373 e. The van der Waals surface area contributed by atoms with Crippen molar-refractivity contribution in [2.45, 2.75) is 44.9 Å². The number of ether oxygens (including phenoxy) is 1. The van der Waals surface area contributed by atoms with Gasteiger partial charge < -0.3 is 15.0 Å². The molecule has 128 valence electrons. The van der Waals surface area contributed by atoms with Gasteiger partial charge in [-0.3, -0.25) is 4.90 Å². The zero-order chi connectivity index (χ0) is 16.2. The monoisotopic (exact) mass is 337 g/mol. The topological polar surface area (TPSA) is 44.8 Å². The van der Waals surface area contributed by atoms with Gasteiger partial charge in [0.15, 0.2) is 0 Å². The van der Waals surface area contributed by atoms with Crippen molar-refractivity contribution in [1.29, 1.82) is 0 Å². The van der Waals surface area contributed by atoms with Crippen LogP contribution in [-0.4, -0.2) is 60.8 Å². The van der Waals surface area contributed by atoms with Crippen LogP contribution in [0.4, 0.5) is 4.79 Å². The van der Waals surface area contributed by atoms with E-state index in [-0.39, 0.29) is 24.3 Å². The smallest absolute Gasteiger partial charge is 0.317 e. The van der Waals surface area contributed by atoms with E-state index in [4.69, 9.17) is 4.74 Å². The van der Waals surface area contributed by atoms with Gasteiger partial charge in [-0.2, -0.15) is 11.3 Å². The highest BCUT2D eigenvalue weighted by Gasteiger charge is 2.30. The first-order chi connectivity index (χ1) is 11.1. The van der Waals surface area contributed by atoms with Gasteiger partial charge in [0.2, 0.25) is 0 Å². The van der Waals surface area contributed by atoms with E-state index < -0.39 is 0 Å². The van der Waals surface area contributed by atoms with Crippen LogP contribution in [0.5, 0.6) is 0 Å². The van der Waals surface area contributed by atoms with Crippen molar-refractivity contribution >= 4 is 17.4 Å². The maximum atomic E-state index is 12.5. The zero-order valence-corrected chi connectivity index (χ0v) is 14.8. The summed E-state index contributed by atoms with van der Waals surface area (Å²) >= 11 is 1.70. The normalized spacial score (nSPS) is 29.0. The van der Waals surface area contributed by atoms with Crippen LogP contribution < -0.4 is 5.32 Å². The molecule has 2 fully saturated rings. The van der Waals surface area contributed by atoms with Crippen molar-refractivity contribution in [1.82, 2.24) is 15.1 Å². The molecule has 3 heterocycles. The van der Waals surface area contributed by atoms with Crippen molar-refractivity contribution < 1.29 is 9.53 Å². The number of carbonyl (C=O) groups excluding carboxylic acids is 1. The number of nitrogens with one attached hydrogen (secondary N) is 1. The number of hydrogen-bond acceptors (Lipinski definition) is 4. The van der Waals surface area contributed by atoms with Crippen LogP contribution in [0.2, 0.25) is 0 Å². The number of hydrogen-bond donors (Lipinski definition) is 1. The molecular weight excluding hydrogens is 310 g/mol. The molecule has 3 atom stereocenters. The lowest BCUT2D eigenvalue weighted by molar-refractivity contribution is -0.0672. The van der Waals surface area contributed by atoms with E-state index in [0.29, 0.717) is 6.54 Å². The molecule has 3 rings (SSSR count). The molecule has 1 N–H and O–H groups in total. The molecule has 2 amide bonds. The molecule has 0 unspecified atom stereocenters. The van der Waals surface area contributed by atoms with Crippen LogP contribution >= 0.6 is 11.3 Å². The SMILES string of the molecule is C[C@@H]1CN(CCNC(=O)N2CCC[C@@H]2c2ccsc2)C[C@H](C)O1. The highest BCUT2D eigenvalue weighted by atomic mass is 32.1. The Morgan fingerprint density at radius 3 is 2.87 bits per heavy atom. The van der Waals surface area contributed by atoms with E-state index >= 15 is 0 Å². The fourth-order valence-electron chi connectivity index (χ4n) is 3.71. The predicted octanol–water partition coefficient (Wildman–Crippen LogP) is 2.70. The molecule has 0 radical (unpaired) electrons. The van der Waals surface area contributed by atoms with E-state index in [1.54, 1.807) is 11.3 Å². The highest BCUT2D eigenvalue weighted by molar-refractivity contribution is 7.07. The van der Waals surface area contributed by atoms with Crippen LogP contribution in [0.25, 0.3) is 0 Å². The number of rotatable bonds is 4. The maximum Gasteiger partial charge on any atom is 0.317 e. The molecule has 0 aliphatic carbocycles. The first kappa shape index (κ1) is 16.7. The van der Waals surface area contributed by atoms with Crippen molar-refractivity contribution in [2.75, 3.05) is 32.7 Å². The van der Waals surface area contributed by atoms with Gasteiger partial charge in [-0.25, -0.2) is 4.79 Å². The van der Waals surface area contributed by atoms with Crippen molar-refractivity contribution in [2.24, 2.45) is 0 Å². The maximum absolute atomic E-state index is 12.5. The Kier molecular flexibility index (Phi) is 5.56. The molecule has 0 spiro atoms. The Hall–Kier alpha value is -1.11. The van der Waals surface area contributed by atoms with Crippen LogP contribution in [-0.2, 0) is 4.74 Å². The lowest BCUT2D eigenvalue weighted by atomic mass is 10.1. The van der Waals surface area contributed by atoms with E-state index in [1.807, 2.05) is 4.90 Å². The number of urea groups is 1. The molecule has 6 heteroatoms. The first-order valence-corrected chi connectivity index (χ1v) is 9.52. The minimum absolute atomic E-state index is 0.0769. The van der Waals surface area contributed by atoms with Gasteiger partial charge >= 0.3 is 6.03 Å². The molecule has 0 bridgehead atoms. The summed E-state index contributed by atoms with van der Waals surface area (Å²) < 4.78 is 5.74. The van der Waals surface area contributed by atoms with Gasteiger partial charge in [0.1, 0.15) is 0 Å². The first-order valence-electron chi connectivity index (χ1n) is 8.58. The molecule has 23 heavy (non-hydrogen) atoms. The van der Waals surface area contributed by atoms with Gasteiger partial charge in [-0.1, -0.05) is 0 Å². The average molecular weight is 337 g/mol. The quantitative estimate of drug-likeness (QED) is 0.919. The summed E-state index contributed by atoms with van der Waals surface area (Å²) in [6.45, 7) is 8.56. The number of carbonyl (C=O) groups is 1. The fourth-order valence-corrected chi connectivity index (χ4v) is 4.42. The molecule has 1 aromatic rings. The zero-order valence-electron chi connectivity index (χ0n) is 14.0. The Balaban J connectivity index is 1.46. The second-order valence-electron chi connectivity index (χ2n) is 6.66. The molecule has 0 aromatic carbocycles. The molecule has 2 aliphatic heterocycles. The third-order valence-electron chi connectivity index (χ3n) is 4.64. The number of nitrogens with zero attached hydrogens (tertiary/aromatic N) is 2. The summed E-state index contributed by atoms with van der Waals surface area (Å²) in [5.41, 5.74) is 1.28. The summed E-state index contributed by atoms with van der Waals surface area (Å²) in [5.74, 6) is 0. The second-order valence-corrected chi connectivity index (χ2v) is 7.44. The summed E-state index contributed by atoms with van der Waals surface area (Å²) in [7, 11) is 0. The Morgan fingerprint density at radius 1 is 1.39 bits per heavy atom. The third kappa shape index (κ3) is 4.25. The number of thiophene rings is 1. The van der Waals surface area contributed by atoms with Gasteiger partial charge in [0.05, 0.1) is 18.2 Å². The fraction of sp³-hybridized carbons (Fsp3) is 0.706. The van der Waals surface area contributed by atoms with Gasteiger partial charge in [-0.05, 0) is 49.1 Å². The van der Waals surface area contributed by atoms with Gasteiger partial charge in [-0.15, -0.1) is 0 Å². The summed E-state index contributed by atoms with van der Waals surface area (Å²) in [4.78, 5) is 16.9. The minimum Gasteiger partial charge on any atom is -0.373 e. The Bertz CT molecular complexity index is 498. The van der Waals surface area contributed by atoms with Crippen molar-refractivity contribution in [3.05, 3.63) is 22.4 Å².